The average molecular weight is 291 g/mol. The van der Waals surface area contributed by atoms with E-state index >= 15 is 0 Å². The van der Waals surface area contributed by atoms with Crippen LogP contribution in [0, 0.1) is 0 Å². The molecule has 0 aromatic heterocycles. The van der Waals surface area contributed by atoms with Crippen molar-refractivity contribution in [2.45, 2.75) is 44.8 Å². The molecule has 0 aliphatic carbocycles. The normalized spacial score (nSPS) is 22.2. The van der Waals surface area contributed by atoms with Gasteiger partial charge < -0.3 is 19.5 Å². The summed E-state index contributed by atoms with van der Waals surface area (Å²) in [7, 11) is 0. The SMILES string of the molecule is CCNC(CCC1CCCO1)c1ccc2c(c1)OCCO2. The largest absolute Gasteiger partial charge is 0.486 e. The molecule has 1 aromatic carbocycles. The second-order valence-electron chi connectivity index (χ2n) is 5.73. The number of fused-ring (bicyclic) bond motifs is 1. The van der Waals surface area contributed by atoms with Gasteiger partial charge in [-0.05, 0) is 49.9 Å². The fourth-order valence-corrected chi connectivity index (χ4v) is 3.13. The molecule has 2 aliphatic rings. The molecule has 1 fully saturated rings. The zero-order valence-corrected chi connectivity index (χ0v) is 12.8. The van der Waals surface area contributed by atoms with E-state index in [1.165, 1.54) is 18.4 Å². The van der Waals surface area contributed by atoms with Crippen LogP contribution in [0.25, 0.3) is 0 Å². The maximum atomic E-state index is 5.74. The van der Waals surface area contributed by atoms with E-state index in [-0.39, 0.29) is 0 Å². The first-order valence-corrected chi connectivity index (χ1v) is 8.11. The molecule has 21 heavy (non-hydrogen) atoms. The van der Waals surface area contributed by atoms with Crippen molar-refractivity contribution < 1.29 is 14.2 Å². The molecule has 0 spiro atoms. The monoisotopic (exact) mass is 291 g/mol. The lowest BCUT2D eigenvalue weighted by molar-refractivity contribution is 0.0996. The minimum atomic E-state index is 0.357. The minimum Gasteiger partial charge on any atom is -0.486 e. The topological polar surface area (TPSA) is 39.7 Å². The van der Waals surface area contributed by atoms with E-state index in [2.05, 4.69) is 24.4 Å². The van der Waals surface area contributed by atoms with Gasteiger partial charge in [-0.3, -0.25) is 0 Å². The number of benzene rings is 1. The molecule has 4 nitrogen and oxygen atoms in total. The summed E-state index contributed by atoms with van der Waals surface area (Å²) in [6.07, 6.45) is 5.08. The molecular formula is C17H25NO3. The summed E-state index contributed by atoms with van der Waals surface area (Å²) in [6.45, 7) is 5.32. The molecule has 1 saturated heterocycles. The van der Waals surface area contributed by atoms with Crippen LogP contribution in [0.2, 0.25) is 0 Å². The van der Waals surface area contributed by atoms with Gasteiger partial charge in [0.05, 0.1) is 6.10 Å². The predicted molar refractivity (Wildman–Crippen MR) is 82.1 cm³/mol. The average Bonchev–Trinajstić information content (AvgIpc) is 3.04. The van der Waals surface area contributed by atoms with Crippen molar-refractivity contribution in [2.24, 2.45) is 0 Å². The molecule has 1 aromatic rings. The number of ether oxygens (including phenoxy) is 3. The summed E-state index contributed by atoms with van der Waals surface area (Å²) >= 11 is 0. The first-order chi connectivity index (χ1) is 10.4. The van der Waals surface area contributed by atoms with Crippen molar-refractivity contribution in [3.8, 4) is 11.5 Å². The van der Waals surface area contributed by atoms with Gasteiger partial charge in [0.25, 0.3) is 0 Å². The van der Waals surface area contributed by atoms with Gasteiger partial charge in [0.1, 0.15) is 13.2 Å². The molecule has 2 unspecified atom stereocenters. The van der Waals surface area contributed by atoms with Gasteiger partial charge in [0.2, 0.25) is 0 Å². The number of hydrogen-bond acceptors (Lipinski definition) is 4. The third kappa shape index (κ3) is 3.69. The highest BCUT2D eigenvalue weighted by Gasteiger charge is 2.20. The molecule has 116 valence electrons. The van der Waals surface area contributed by atoms with Crippen LogP contribution < -0.4 is 14.8 Å². The summed E-state index contributed by atoms with van der Waals surface area (Å²) in [5.41, 5.74) is 1.28. The van der Waals surface area contributed by atoms with E-state index in [1.54, 1.807) is 0 Å². The summed E-state index contributed by atoms with van der Waals surface area (Å²) in [4.78, 5) is 0. The van der Waals surface area contributed by atoms with Crippen molar-refractivity contribution in [2.75, 3.05) is 26.4 Å². The summed E-state index contributed by atoms with van der Waals surface area (Å²) in [5, 5.41) is 3.58. The number of nitrogens with one attached hydrogen (secondary N) is 1. The first kappa shape index (κ1) is 14.7. The molecule has 3 rings (SSSR count). The molecule has 2 atom stereocenters. The summed E-state index contributed by atoms with van der Waals surface area (Å²) in [6, 6.07) is 6.66. The third-order valence-corrected chi connectivity index (χ3v) is 4.22. The van der Waals surface area contributed by atoms with Gasteiger partial charge in [-0.2, -0.15) is 0 Å². The Hall–Kier alpha value is -1.26. The molecule has 0 radical (unpaired) electrons. The Labute approximate surface area is 126 Å². The smallest absolute Gasteiger partial charge is 0.161 e. The van der Waals surface area contributed by atoms with Gasteiger partial charge in [-0.1, -0.05) is 13.0 Å². The van der Waals surface area contributed by atoms with Crippen LogP contribution in [0.15, 0.2) is 18.2 Å². The molecule has 0 amide bonds. The van der Waals surface area contributed by atoms with Crippen LogP contribution >= 0.6 is 0 Å². The minimum absolute atomic E-state index is 0.357. The van der Waals surface area contributed by atoms with E-state index in [0.29, 0.717) is 25.4 Å². The van der Waals surface area contributed by atoms with Gasteiger partial charge in [0.15, 0.2) is 11.5 Å². The highest BCUT2D eigenvalue weighted by atomic mass is 16.6. The molecule has 4 heteroatoms. The van der Waals surface area contributed by atoms with Crippen molar-refractivity contribution >= 4 is 0 Å². The highest BCUT2D eigenvalue weighted by Crippen LogP contribution is 2.34. The van der Waals surface area contributed by atoms with Crippen LogP contribution in [-0.2, 0) is 4.74 Å². The van der Waals surface area contributed by atoms with Crippen LogP contribution in [-0.4, -0.2) is 32.5 Å². The fraction of sp³-hybridized carbons (Fsp3) is 0.647. The van der Waals surface area contributed by atoms with Crippen molar-refractivity contribution in [3.05, 3.63) is 23.8 Å². The second-order valence-corrected chi connectivity index (χ2v) is 5.73. The Kier molecular flexibility index (Phi) is 4.99. The molecule has 0 bridgehead atoms. The fourth-order valence-electron chi connectivity index (χ4n) is 3.13. The van der Waals surface area contributed by atoms with Gasteiger partial charge in [0, 0.05) is 12.6 Å². The quantitative estimate of drug-likeness (QED) is 0.874. The van der Waals surface area contributed by atoms with Crippen LogP contribution in [0.3, 0.4) is 0 Å². The maximum absolute atomic E-state index is 5.74. The van der Waals surface area contributed by atoms with E-state index in [0.717, 1.165) is 37.5 Å². The maximum Gasteiger partial charge on any atom is 0.161 e. The molecule has 1 N–H and O–H groups in total. The van der Waals surface area contributed by atoms with Crippen LogP contribution in [0.1, 0.15) is 44.2 Å². The van der Waals surface area contributed by atoms with E-state index < -0.39 is 0 Å². The van der Waals surface area contributed by atoms with Gasteiger partial charge in [-0.15, -0.1) is 0 Å². The summed E-state index contributed by atoms with van der Waals surface area (Å²) in [5.74, 6) is 1.73. The molecule has 2 heterocycles. The second kappa shape index (κ2) is 7.14. The Bertz CT molecular complexity index is 457. The lowest BCUT2D eigenvalue weighted by Crippen LogP contribution is -2.23. The zero-order chi connectivity index (χ0) is 14.5. The number of rotatable bonds is 6. The molecule has 0 saturated carbocycles. The number of hydrogen-bond donors (Lipinski definition) is 1. The van der Waals surface area contributed by atoms with Gasteiger partial charge >= 0.3 is 0 Å². The van der Waals surface area contributed by atoms with E-state index in [1.807, 2.05) is 6.07 Å². The Morgan fingerprint density at radius 1 is 1.19 bits per heavy atom. The van der Waals surface area contributed by atoms with Crippen molar-refractivity contribution in [1.82, 2.24) is 5.32 Å². The van der Waals surface area contributed by atoms with Crippen molar-refractivity contribution in [1.29, 1.82) is 0 Å². The Morgan fingerprint density at radius 3 is 2.81 bits per heavy atom. The van der Waals surface area contributed by atoms with Gasteiger partial charge in [-0.25, -0.2) is 0 Å². The zero-order valence-electron chi connectivity index (χ0n) is 12.8. The third-order valence-electron chi connectivity index (χ3n) is 4.22. The summed E-state index contributed by atoms with van der Waals surface area (Å²) < 4.78 is 17.0. The molecule has 2 aliphatic heterocycles. The van der Waals surface area contributed by atoms with Crippen LogP contribution in [0.4, 0.5) is 0 Å². The predicted octanol–water partition coefficient (Wildman–Crippen LogP) is 3.07. The lowest BCUT2D eigenvalue weighted by atomic mass is 9.98. The van der Waals surface area contributed by atoms with E-state index in [4.69, 9.17) is 14.2 Å². The standard InChI is InChI=1S/C17H25NO3/c1-2-18-15(7-6-14-4-3-9-19-14)13-5-8-16-17(12-13)21-11-10-20-16/h5,8,12,14-15,18H,2-4,6-7,9-11H2,1H3. The molecular weight excluding hydrogens is 266 g/mol. The Balaban J connectivity index is 1.67. The van der Waals surface area contributed by atoms with Crippen LogP contribution in [0.5, 0.6) is 11.5 Å². The van der Waals surface area contributed by atoms with Crippen molar-refractivity contribution in [3.63, 3.8) is 0 Å². The Morgan fingerprint density at radius 2 is 2.05 bits per heavy atom. The highest BCUT2D eigenvalue weighted by molar-refractivity contribution is 5.44. The first-order valence-electron chi connectivity index (χ1n) is 8.11. The lowest BCUT2D eigenvalue weighted by Gasteiger charge is -2.23. The van der Waals surface area contributed by atoms with E-state index in [9.17, 15) is 0 Å².